The number of hydrogen-bond acceptors (Lipinski definition) is 3. The number of amides is 1. The SMILES string of the molecule is CCCCNC(=O)C(C)N1CCCC1C(N)=S. The summed E-state index contributed by atoms with van der Waals surface area (Å²) in [6.45, 7) is 5.70. The second-order valence-electron chi connectivity index (χ2n) is 4.62. The number of nitrogens with two attached hydrogens (primary N) is 1. The van der Waals surface area contributed by atoms with E-state index in [1.165, 1.54) is 0 Å². The maximum Gasteiger partial charge on any atom is 0.237 e. The second kappa shape index (κ2) is 6.91. The van der Waals surface area contributed by atoms with Crippen molar-refractivity contribution >= 4 is 23.1 Å². The van der Waals surface area contributed by atoms with Crippen LogP contribution in [0, 0.1) is 0 Å². The van der Waals surface area contributed by atoms with Crippen LogP contribution in [-0.2, 0) is 4.79 Å². The highest BCUT2D eigenvalue weighted by Gasteiger charge is 2.33. The van der Waals surface area contributed by atoms with Gasteiger partial charge in [0.05, 0.1) is 17.1 Å². The Balaban J connectivity index is 2.47. The number of rotatable bonds is 6. The molecule has 2 unspecified atom stereocenters. The first-order valence-electron chi connectivity index (χ1n) is 6.40. The van der Waals surface area contributed by atoms with Crippen LogP contribution in [0.2, 0.25) is 0 Å². The van der Waals surface area contributed by atoms with Gasteiger partial charge in [-0.15, -0.1) is 0 Å². The van der Waals surface area contributed by atoms with Crippen molar-refractivity contribution in [2.24, 2.45) is 5.73 Å². The van der Waals surface area contributed by atoms with Crippen molar-refractivity contribution in [3.05, 3.63) is 0 Å². The number of likely N-dealkylation sites (tertiary alicyclic amines) is 1. The summed E-state index contributed by atoms with van der Waals surface area (Å²) in [6, 6.07) is -0.0437. The molecule has 1 aliphatic rings. The van der Waals surface area contributed by atoms with Gasteiger partial charge in [-0.3, -0.25) is 9.69 Å². The molecule has 17 heavy (non-hydrogen) atoms. The minimum absolute atomic E-state index is 0.0848. The van der Waals surface area contributed by atoms with Crippen LogP contribution in [0.25, 0.3) is 0 Å². The molecule has 0 aliphatic carbocycles. The third kappa shape index (κ3) is 3.92. The number of carbonyl (C=O) groups is 1. The summed E-state index contributed by atoms with van der Waals surface area (Å²) in [6.07, 6.45) is 4.15. The highest BCUT2D eigenvalue weighted by Crippen LogP contribution is 2.20. The lowest BCUT2D eigenvalue weighted by Gasteiger charge is -2.29. The van der Waals surface area contributed by atoms with Gasteiger partial charge in [-0.25, -0.2) is 0 Å². The molecule has 2 atom stereocenters. The third-order valence-corrected chi connectivity index (χ3v) is 3.60. The summed E-state index contributed by atoms with van der Waals surface area (Å²) in [5.74, 6) is 0.0848. The van der Waals surface area contributed by atoms with Crippen molar-refractivity contribution in [3.8, 4) is 0 Å². The molecule has 1 amide bonds. The van der Waals surface area contributed by atoms with Crippen molar-refractivity contribution in [1.29, 1.82) is 0 Å². The zero-order valence-electron chi connectivity index (χ0n) is 10.7. The zero-order chi connectivity index (χ0) is 12.8. The van der Waals surface area contributed by atoms with Gasteiger partial charge in [0, 0.05) is 6.54 Å². The van der Waals surface area contributed by atoms with Crippen LogP contribution in [0.3, 0.4) is 0 Å². The van der Waals surface area contributed by atoms with E-state index in [1.54, 1.807) is 0 Å². The molecule has 1 saturated heterocycles. The van der Waals surface area contributed by atoms with E-state index < -0.39 is 0 Å². The first-order chi connectivity index (χ1) is 8.07. The average molecular weight is 257 g/mol. The minimum Gasteiger partial charge on any atom is -0.392 e. The molecule has 0 radical (unpaired) electrons. The summed E-state index contributed by atoms with van der Waals surface area (Å²) in [5, 5.41) is 2.96. The van der Waals surface area contributed by atoms with Crippen molar-refractivity contribution in [1.82, 2.24) is 10.2 Å². The van der Waals surface area contributed by atoms with Gasteiger partial charge < -0.3 is 11.1 Å². The molecule has 1 rings (SSSR count). The molecule has 0 saturated carbocycles. The van der Waals surface area contributed by atoms with E-state index in [0.717, 1.165) is 38.8 Å². The quantitative estimate of drug-likeness (QED) is 0.551. The monoisotopic (exact) mass is 257 g/mol. The summed E-state index contributed by atoms with van der Waals surface area (Å²) < 4.78 is 0. The minimum atomic E-state index is -0.138. The van der Waals surface area contributed by atoms with Crippen LogP contribution in [0.4, 0.5) is 0 Å². The number of nitrogens with zero attached hydrogens (tertiary/aromatic N) is 1. The van der Waals surface area contributed by atoms with E-state index in [4.69, 9.17) is 18.0 Å². The van der Waals surface area contributed by atoms with Crippen LogP contribution in [-0.4, -0.2) is 41.0 Å². The normalized spacial score (nSPS) is 22.4. The Kier molecular flexibility index (Phi) is 5.85. The van der Waals surface area contributed by atoms with Crippen molar-refractivity contribution in [2.75, 3.05) is 13.1 Å². The molecule has 4 nitrogen and oxygen atoms in total. The molecular formula is C12H23N3OS. The van der Waals surface area contributed by atoms with E-state index in [1.807, 2.05) is 6.92 Å². The standard InChI is InChI=1S/C12H23N3OS/c1-3-4-7-14-12(16)9(2)15-8-5-6-10(15)11(13)17/h9-10H,3-8H2,1-2H3,(H2,13,17)(H,14,16). The lowest BCUT2D eigenvalue weighted by Crippen LogP contribution is -2.50. The van der Waals surface area contributed by atoms with Crippen molar-refractivity contribution in [3.63, 3.8) is 0 Å². The van der Waals surface area contributed by atoms with Gasteiger partial charge >= 0.3 is 0 Å². The molecule has 1 fully saturated rings. The van der Waals surface area contributed by atoms with Crippen molar-refractivity contribution in [2.45, 2.75) is 51.6 Å². The Morgan fingerprint density at radius 1 is 1.65 bits per heavy atom. The van der Waals surface area contributed by atoms with Gasteiger partial charge in [0.25, 0.3) is 0 Å². The van der Waals surface area contributed by atoms with Gasteiger partial charge in [0.15, 0.2) is 0 Å². The molecule has 5 heteroatoms. The summed E-state index contributed by atoms with van der Waals surface area (Å²) in [4.78, 5) is 14.6. The smallest absolute Gasteiger partial charge is 0.237 e. The fourth-order valence-electron chi connectivity index (χ4n) is 2.24. The molecule has 98 valence electrons. The first kappa shape index (κ1) is 14.4. The maximum absolute atomic E-state index is 11.9. The van der Waals surface area contributed by atoms with Gasteiger partial charge in [0.2, 0.25) is 5.91 Å². The largest absolute Gasteiger partial charge is 0.392 e. The molecule has 0 bridgehead atoms. The Bertz CT molecular complexity index is 283. The van der Waals surface area contributed by atoms with E-state index in [9.17, 15) is 4.79 Å². The topological polar surface area (TPSA) is 58.4 Å². The Morgan fingerprint density at radius 3 is 2.94 bits per heavy atom. The highest BCUT2D eigenvalue weighted by molar-refractivity contribution is 7.80. The number of carbonyl (C=O) groups excluding carboxylic acids is 1. The van der Waals surface area contributed by atoms with Crippen LogP contribution in [0.5, 0.6) is 0 Å². The lowest BCUT2D eigenvalue weighted by molar-refractivity contribution is -0.125. The second-order valence-corrected chi connectivity index (χ2v) is 5.09. The molecular weight excluding hydrogens is 234 g/mol. The van der Waals surface area contributed by atoms with Crippen LogP contribution in [0.15, 0.2) is 0 Å². The highest BCUT2D eigenvalue weighted by atomic mass is 32.1. The van der Waals surface area contributed by atoms with E-state index >= 15 is 0 Å². The fourth-order valence-corrected chi connectivity index (χ4v) is 2.50. The van der Waals surface area contributed by atoms with E-state index in [2.05, 4.69) is 17.1 Å². The Labute approximate surface area is 109 Å². The molecule has 0 spiro atoms. The van der Waals surface area contributed by atoms with E-state index in [-0.39, 0.29) is 18.0 Å². The molecule has 1 aliphatic heterocycles. The number of unbranched alkanes of at least 4 members (excludes halogenated alkanes) is 1. The van der Waals surface area contributed by atoms with Gasteiger partial charge in [-0.1, -0.05) is 25.6 Å². The Hall–Kier alpha value is -0.680. The van der Waals surface area contributed by atoms with Crippen LogP contribution < -0.4 is 11.1 Å². The lowest BCUT2D eigenvalue weighted by atomic mass is 10.2. The molecule has 0 aromatic carbocycles. The van der Waals surface area contributed by atoms with Crippen LogP contribution >= 0.6 is 12.2 Å². The third-order valence-electron chi connectivity index (χ3n) is 3.33. The predicted octanol–water partition coefficient (Wildman–Crippen LogP) is 1.04. The first-order valence-corrected chi connectivity index (χ1v) is 6.81. The van der Waals surface area contributed by atoms with Gasteiger partial charge in [-0.2, -0.15) is 0 Å². The van der Waals surface area contributed by atoms with Gasteiger partial charge in [-0.05, 0) is 32.7 Å². The summed E-state index contributed by atoms with van der Waals surface area (Å²) in [5.41, 5.74) is 5.71. The molecule has 3 N–H and O–H groups in total. The number of thiocarbonyl (C=S) groups is 1. The van der Waals surface area contributed by atoms with E-state index in [0.29, 0.717) is 4.99 Å². The predicted molar refractivity (Wildman–Crippen MR) is 73.9 cm³/mol. The van der Waals surface area contributed by atoms with Gasteiger partial charge in [0.1, 0.15) is 0 Å². The number of hydrogen-bond donors (Lipinski definition) is 2. The molecule has 0 aromatic rings. The molecule has 0 aromatic heterocycles. The average Bonchev–Trinajstić information content (AvgIpc) is 2.77. The fraction of sp³-hybridized carbons (Fsp3) is 0.833. The maximum atomic E-state index is 11.9. The summed E-state index contributed by atoms with van der Waals surface area (Å²) in [7, 11) is 0. The van der Waals surface area contributed by atoms with Crippen molar-refractivity contribution < 1.29 is 4.79 Å². The number of nitrogens with one attached hydrogen (secondary N) is 1. The summed E-state index contributed by atoms with van der Waals surface area (Å²) >= 11 is 5.05. The molecule has 1 heterocycles. The van der Waals surface area contributed by atoms with Crippen LogP contribution in [0.1, 0.15) is 39.5 Å². The zero-order valence-corrected chi connectivity index (χ0v) is 11.6. The Morgan fingerprint density at radius 2 is 2.35 bits per heavy atom.